The lowest BCUT2D eigenvalue weighted by Crippen LogP contribution is -2.14. The molecule has 0 fully saturated rings. The van der Waals surface area contributed by atoms with E-state index in [1.165, 1.54) is 6.92 Å². The molecule has 0 aliphatic heterocycles. The Morgan fingerprint density at radius 2 is 1.94 bits per heavy atom. The van der Waals surface area contributed by atoms with Gasteiger partial charge in [0.15, 0.2) is 6.29 Å². The van der Waals surface area contributed by atoms with Gasteiger partial charge >= 0.3 is 0 Å². The van der Waals surface area contributed by atoms with Crippen molar-refractivity contribution in [3.63, 3.8) is 0 Å². The van der Waals surface area contributed by atoms with Crippen LogP contribution < -0.4 is 5.32 Å². The van der Waals surface area contributed by atoms with Gasteiger partial charge in [0.1, 0.15) is 5.75 Å². The number of rotatable bonds is 2. The van der Waals surface area contributed by atoms with Crippen LogP contribution in [0.1, 0.15) is 43.6 Å². The second-order valence-corrected chi connectivity index (χ2v) is 5.01. The fourth-order valence-electron chi connectivity index (χ4n) is 1.46. The molecular weight excluding hydrogens is 218 g/mol. The summed E-state index contributed by atoms with van der Waals surface area (Å²) < 4.78 is 0. The van der Waals surface area contributed by atoms with Crippen LogP contribution in [0.3, 0.4) is 0 Å². The third-order valence-corrected chi connectivity index (χ3v) is 2.44. The van der Waals surface area contributed by atoms with E-state index in [9.17, 15) is 14.7 Å². The minimum atomic E-state index is -0.289. The first-order chi connectivity index (χ1) is 7.75. The zero-order valence-corrected chi connectivity index (χ0v) is 10.5. The number of phenolic OH excluding ortho intramolecular Hbond substituents is 1. The molecule has 0 bridgehead atoms. The molecule has 0 aliphatic carbocycles. The number of nitrogens with one attached hydrogen (secondary N) is 1. The van der Waals surface area contributed by atoms with Crippen LogP contribution in [0.15, 0.2) is 12.1 Å². The number of hydrogen-bond donors (Lipinski definition) is 2. The summed E-state index contributed by atoms with van der Waals surface area (Å²) >= 11 is 0. The smallest absolute Gasteiger partial charge is 0.221 e. The van der Waals surface area contributed by atoms with E-state index in [1.54, 1.807) is 12.1 Å². The van der Waals surface area contributed by atoms with E-state index in [2.05, 4.69) is 5.32 Å². The third kappa shape index (κ3) is 3.06. The summed E-state index contributed by atoms with van der Waals surface area (Å²) in [4.78, 5) is 21.9. The number of aldehydes is 1. The van der Waals surface area contributed by atoms with E-state index in [1.807, 2.05) is 20.8 Å². The first-order valence-corrected chi connectivity index (χ1v) is 5.36. The number of benzene rings is 1. The van der Waals surface area contributed by atoms with Gasteiger partial charge in [-0.1, -0.05) is 20.8 Å². The zero-order chi connectivity index (χ0) is 13.2. The molecule has 1 aromatic carbocycles. The fourth-order valence-corrected chi connectivity index (χ4v) is 1.46. The van der Waals surface area contributed by atoms with Crippen LogP contribution in [0.25, 0.3) is 0 Å². The maximum Gasteiger partial charge on any atom is 0.221 e. The van der Waals surface area contributed by atoms with Crippen molar-refractivity contribution < 1.29 is 14.7 Å². The van der Waals surface area contributed by atoms with Crippen molar-refractivity contribution in [2.75, 3.05) is 5.32 Å². The molecule has 2 N–H and O–H groups in total. The molecule has 0 heterocycles. The highest BCUT2D eigenvalue weighted by Crippen LogP contribution is 2.33. The Balaban J connectivity index is 3.38. The monoisotopic (exact) mass is 235 g/mol. The topological polar surface area (TPSA) is 66.4 Å². The lowest BCUT2D eigenvalue weighted by atomic mass is 9.85. The van der Waals surface area contributed by atoms with E-state index in [0.29, 0.717) is 6.29 Å². The highest BCUT2D eigenvalue weighted by Gasteiger charge is 2.18. The third-order valence-electron chi connectivity index (χ3n) is 2.44. The molecule has 0 aliphatic rings. The van der Waals surface area contributed by atoms with E-state index < -0.39 is 0 Å². The Kier molecular flexibility index (Phi) is 3.56. The van der Waals surface area contributed by atoms with Gasteiger partial charge in [-0.15, -0.1) is 0 Å². The number of anilines is 1. The largest absolute Gasteiger partial charge is 0.505 e. The van der Waals surface area contributed by atoms with Gasteiger partial charge in [-0.25, -0.2) is 0 Å². The van der Waals surface area contributed by atoms with Gasteiger partial charge in [-0.2, -0.15) is 0 Å². The average Bonchev–Trinajstić information content (AvgIpc) is 2.18. The van der Waals surface area contributed by atoms with Crippen LogP contribution in [-0.2, 0) is 10.2 Å². The fraction of sp³-hybridized carbons (Fsp3) is 0.385. The minimum absolute atomic E-state index is 0.168. The second kappa shape index (κ2) is 4.57. The molecule has 0 saturated carbocycles. The SMILES string of the molecule is CC(=O)Nc1cc(C(C)(C)C)cc(C=O)c1O. The molecule has 1 amide bonds. The van der Waals surface area contributed by atoms with E-state index >= 15 is 0 Å². The molecule has 4 nitrogen and oxygen atoms in total. The molecule has 0 saturated heterocycles. The van der Waals surface area contributed by atoms with Gasteiger partial charge in [0.2, 0.25) is 5.91 Å². The van der Waals surface area contributed by atoms with Crippen molar-refractivity contribution in [3.05, 3.63) is 23.3 Å². The van der Waals surface area contributed by atoms with E-state index in [-0.39, 0.29) is 28.3 Å². The van der Waals surface area contributed by atoms with Crippen molar-refractivity contribution in [2.24, 2.45) is 0 Å². The molecular formula is C13H17NO3. The first kappa shape index (κ1) is 13.2. The molecule has 17 heavy (non-hydrogen) atoms. The maximum atomic E-state index is 11.0. The second-order valence-electron chi connectivity index (χ2n) is 5.01. The molecule has 0 unspecified atom stereocenters. The summed E-state index contributed by atoms with van der Waals surface area (Å²) in [6.45, 7) is 7.33. The van der Waals surface area contributed by atoms with Gasteiger partial charge < -0.3 is 10.4 Å². The molecule has 92 valence electrons. The van der Waals surface area contributed by atoms with Crippen LogP contribution >= 0.6 is 0 Å². The lowest BCUT2D eigenvalue weighted by Gasteiger charge is -2.21. The summed E-state index contributed by atoms with van der Waals surface area (Å²) in [5.41, 5.74) is 1.16. The Bertz CT molecular complexity index is 458. The zero-order valence-electron chi connectivity index (χ0n) is 10.5. The molecule has 0 spiro atoms. The summed E-state index contributed by atoms with van der Waals surface area (Å²) in [7, 11) is 0. The summed E-state index contributed by atoms with van der Waals surface area (Å²) in [6.07, 6.45) is 0.579. The van der Waals surface area contributed by atoms with Gasteiger partial charge in [0.25, 0.3) is 0 Å². The molecule has 0 atom stereocenters. The average molecular weight is 235 g/mol. The standard InChI is InChI=1S/C13H17NO3/c1-8(16)14-11-6-10(13(2,3)4)5-9(7-15)12(11)17/h5-7,17H,1-4H3,(H,14,16). The van der Waals surface area contributed by atoms with Gasteiger partial charge in [-0.05, 0) is 23.1 Å². The van der Waals surface area contributed by atoms with Crippen molar-refractivity contribution in [1.82, 2.24) is 0 Å². The Hall–Kier alpha value is -1.84. The molecule has 4 heteroatoms. The van der Waals surface area contributed by atoms with Gasteiger partial charge in [0.05, 0.1) is 11.3 Å². The molecule has 1 rings (SSSR count). The van der Waals surface area contributed by atoms with Crippen molar-refractivity contribution in [3.8, 4) is 5.75 Å². The highest BCUT2D eigenvalue weighted by molar-refractivity contribution is 5.93. The number of carbonyl (C=O) groups excluding carboxylic acids is 2. The van der Waals surface area contributed by atoms with Crippen molar-refractivity contribution in [2.45, 2.75) is 33.1 Å². The van der Waals surface area contributed by atoms with E-state index in [0.717, 1.165) is 5.56 Å². The van der Waals surface area contributed by atoms with Crippen molar-refractivity contribution in [1.29, 1.82) is 0 Å². The summed E-state index contributed by atoms with van der Waals surface area (Å²) in [5, 5.41) is 12.3. The van der Waals surface area contributed by atoms with E-state index in [4.69, 9.17) is 0 Å². The normalized spacial score (nSPS) is 11.1. The number of carbonyl (C=O) groups is 2. The Labute approximate surface area is 101 Å². The number of hydrogen-bond acceptors (Lipinski definition) is 3. The number of amides is 1. The van der Waals surface area contributed by atoms with Crippen LogP contribution in [0.2, 0.25) is 0 Å². The first-order valence-electron chi connectivity index (χ1n) is 5.36. The van der Waals surface area contributed by atoms with Gasteiger partial charge in [-0.3, -0.25) is 9.59 Å². The number of aromatic hydroxyl groups is 1. The Morgan fingerprint density at radius 1 is 1.35 bits per heavy atom. The predicted octanol–water partition coefficient (Wildman–Crippen LogP) is 2.46. The lowest BCUT2D eigenvalue weighted by molar-refractivity contribution is -0.114. The predicted molar refractivity (Wildman–Crippen MR) is 66.5 cm³/mol. The van der Waals surface area contributed by atoms with Crippen LogP contribution in [0.4, 0.5) is 5.69 Å². The minimum Gasteiger partial charge on any atom is -0.505 e. The quantitative estimate of drug-likeness (QED) is 0.611. The van der Waals surface area contributed by atoms with Crippen LogP contribution in [0.5, 0.6) is 5.75 Å². The summed E-state index contributed by atoms with van der Waals surface area (Å²) in [6, 6.07) is 3.32. The highest BCUT2D eigenvalue weighted by atomic mass is 16.3. The van der Waals surface area contributed by atoms with Crippen LogP contribution in [-0.4, -0.2) is 17.3 Å². The maximum absolute atomic E-state index is 11.0. The van der Waals surface area contributed by atoms with Crippen molar-refractivity contribution >= 4 is 17.9 Å². The number of phenols is 1. The molecule has 0 aromatic heterocycles. The molecule has 0 radical (unpaired) electrons. The van der Waals surface area contributed by atoms with Gasteiger partial charge in [0, 0.05) is 6.92 Å². The molecule has 1 aromatic rings. The summed E-state index contributed by atoms with van der Waals surface area (Å²) in [5.74, 6) is -0.480. The Morgan fingerprint density at radius 3 is 2.35 bits per heavy atom. The van der Waals surface area contributed by atoms with Crippen LogP contribution in [0, 0.1) is 0 Å².